The van der Waals surface area contributed by atoms with E-state index in [9.17, 15) is 14.9 Å². The van der Waals surface area contributed by atoms with Crippen LogP contribution >= 0.6 is 0 Å². The van der Waals surface area contributed by atoms with Gasteiger partial charge in [0.05, 0.1) is 11.0 Å². The van der Waals surface area contributed by atoms with E-state index in [4.69, 9.17) is 9.47 Å². The van der Waals surface area contributed by atoms with Gasteiger partial charge in [0.1, 0.15) is 11.5 Å². The summed E-state index contributed by atoms with van der Waals surface area (Å²) in [4.78, 5) is 21.9. The molecule has 2 rings (SSSR count). The molecule has 0 aromatic heterocycles. The number of nitrogens with zero attached hydrogens (tertiary/aromatic N) is 1. The summed E-state index contributed by atoms with van der Waals surface area (Å²) in [6, 6.07) is 12.6. The molecule has 0 aliphatic carbocycles. The number of ether oxygens (including phenoxy) is 2. The average Bonchev–Trinajstić information content (AvgIpc) is 2.54. The van der Waals surface area contributed by atoms with Crippen molar-refractivity contribution in [1.29, 1.82) is 0 Å². The Kier molecular flexibility index (Phi) is 5.73. The molecule has 0 unspecified atom stereocenters. The first kappa shape index (κ1) is 17.3. The minimum absolute atomic E-state index is 0.0319. The molecule has 0 fully saturated rings. The zero-order valence-electron chi connectivity index (χ0n) is 13.4. The predicted octanol–water partition coefficient (Wildman–Crippen LogP) is 3.40. The lowest BCUT2D eigenvalue weighted by Crippen LogP contribution is -2.20. The van der Waals surface area contributed by atoms with E-state index in [-0.39, 0.29) is 24.3 Å². The van der Waals surface area contributed by atoms with Crippen LogP contribution in [0.3, 0.4) is 0 Å². The highest BCUT2D eigenvalue weighted by molar-refractivity contribution is 5.91. The van der Waals surface area contributed by atoms with E-state index in [1.807, 2.05) is 13.8 Å². The quantitative estimate of drug-likeness (QED) is 0.620. The monoisotopic (exact) mass is 330 g/mol. The molecule has 0 saturated heterocycles. The van der Waals surface area contributed by atoms with Crippen molar-refractivity contribution in [2.75, 3.05) is 11.9 Å². The van der Waals surface area contributed by atoms with Gasteiger partial charge in [-0.1, -0.05) is 0 Å². The number of nitrogens with one attached hydrogen (secondary N) is 1. The first-order valence-electron chi connectivity index (χ1n) is 7.38. The highest BCUT2D eigenvalue weighted by Crippen LogP contribution is 2.18. The van der Waals surface area contributed by atoms with Crippen LogP contribution in [0.2, 0.25) is 0 Å². The predicted molar refractivity (Wildman–Crippen MR) is 89.4 cm³/mol. The first-order chi connectivity index (χ1) is 11.4. The lowest BCUT2D eigenvalue weighted by Gasteiger charge is -2.11. The molecular formula is C17H18N2O5. The Labute approximate surface area is 139 Å². The van der Waals surface area contributed by atoms with Crippen molar-refractivity contribution < 1.29 is 19.2 Å². The van der Waals surface area contributed by atoms with Gasteiger partial charge in [0, 0.05) is 17.8 Å². The van der Waals surface area contributed by atoms with E-state index >= 15 is 0 Å². The molecule has 0 heterocycles. The molecule has 0 bridgehead atoms. The summed E-state index contributed by atoms with van der Waals surface area (Å²) >= 11 is 0. The number of carbonyl (C=O) groups excluding carboxylic acids is 1. The van der Waals surface area contributed by atoms with E-state index < -0.39 is 4.92 Å². The Morgan fingerprint density at radius 1 is 1.08 bits per heavy atom. The summed E-state index contributed by atoms with van der Waals surface area (Å²) in [6.07, 6.45) is 0.0838. The van der Waals surface area contributed by atoms with Crippen LogP contribution in [0.25, 0.3) is 0 Å². The van der Waals surface area contributed by atoms with Crippen molar-refractivity contribution in [1.82, 2.24) is 0 Å². The molecule has 24 heavy (non-hydrogen) atoms. The van der Waals surface area contributed by atoms with Crippen molar-refractivity contribution in [3.8, 4) is 11.5 Å². The van der Waals surface area contributed by atoms with Crippen LogP contribution in [0.5, 0.6) is 11.5 Å². The maximum atomic E-state index is 11.8. The molecule has 0 aliphatic rings. The third-order valence-corrected chi connectivity index (χ3v) is 2.93. The fourth-order valence-corrected chi connectivity index (χ4v) is 1.90. The van der Waals surface area contributed by atoms with Crippen LogP contribution in [-0.4, -0.2) is 23.5 Å². The molecule has 0 atom stereocenters. The Balaban J connectivity index is 1.83. The van der Waals surface area contributed by atoms with Gasteiger partial charge in [0.15, 0.2) is 6.61 Å². The summed E-state index contributed by atoms with van der Waals surface area (Å²) in [5, 5.41) is 13.3. The molecule has 0 aliphatic heterocycles. The second-order valence-corrected chi connectivity index (χ2v) is 5.28. The number of carbonyl (C=O) groups is 1. The van der Waals surface area contributed by atoms with Crippen LogP contribution in [0.1, 0.15) is 13.8 Å². The first-order valence-corrected chi connectivity index (χ1v) is 7.38. The zero-order valence-corrected chi connectivity index (χ0v) is 13.4. The van der Waals surface area contributed by atoms with Crippen molar-refractivity contribution in [2.24, 2.45) is 0 Å². The third-order valence-electron chi connectivity index (χ3n) is 2.93. The highest BCUT2D eigenvalue weighted by Gasteiger charge is 2.07. The summed E-state index contributed by atoms with van der Waals surface area (Å²) in [7, 11) is 0. The van der Waals surface area contributed by atoms with Gasteiger partial charge in [-0.3, -0.25) is 14.9 Å². The summed E-state index contributed by atoms with van der Waals surface area (Å²) in [5.41, 5.74) is 0.596. The maximum absolute atomic E-state index is 11.8. The molecular weight excluding hydrogens is 312 g/mol. The maximum Gasteiger partial charge on any atom is 0.269 e. The largest absolute Gasteiger partial charge is 0.491 e. The number of hydrogen-bond acceptors (Lipinski definition) is 5. The molecule has 0 radical (unpaired) electrons. The third kappa shape index (κ3) is 5.28. The van der Waals surface area contributed by atoms with Crippen molar-refractivity contribution in [3.63, 3.8) is 0 Å². The summed E-state index contributed by atoms with van der Waals surface area (Å²) < 4.78 is 10.8. The second kappa shape index (κ2) is 7.96. The molecule has 2 aromatic rings. The van der Waals surface area contributed by atoms with Crippen LogP contribution in [0.4, 0.5) is 11.4 Å². The fraction of sp³-hybridized carbons (Fsp3) is 0.235. The van der Waals surface area contributed by atoms with E-state index in [1.165, 1.54) is 24.3 Å². The summed E-state index contributed by atoms with van der Waals surface area (Å²) in [6.45, 7) is 3.68. The zero-order chi connectivity index (χ0) is 17.5. The Bertz CT molecular complexity index is 696. The normalized spacial score (nSPS) is 10.3. The fourth-order valence-electron chi connectivity index (χ4n) is 1.90. The van der Waals surface area contributed by atoms with Gasteiger partial charge in [-0.05, 0) is 50.2 Å². The van der Waals surface area contributed by atoms with Crippen molar-refractivity contribution in [3.05, 3.63) is 58.6 Å². The lowest BCUT2D eigenvalue weighted by molar-refractivity contribution is -0.384. The average molecular weight is 330 g/mol. The molecule has 126 valence electrons. The lowest BCUT2D eigenvalue weighted by atomic mass is 10.3. The minimum Gasteiger partial charge on any atom is -0.491 e. The van der Waals surface area contributed by atoms with E-state index in [2.05, 4.69) is 5.32 Å². The van der Waals surface area contributed by atoms with Crippen molar-refractivity contribution >= 4 is 17.3 Å². The molecule has 0 saturated carbocycles. The van der Waals surface area contributed by atoms with Crippen LogP contribution in [-0.2, 0) is 4.79 Å². The SMILES string of the molecule is CC(C)Oc1ccc(NC(=O)COc2ccc([N+](=O)[O-])cc2)cc1. The molecule has 0 spiro atoms. The number of anilines is 1. The molecule has 2 aromatic carbocycles. The van der Waals surface area contributed by atoms with Gasteiger partial charge in [0.2, 0.25) is 0 Å². The number of nitro benzene ring substituents is 1. The Hall–Kier alpha value is -3.09. The Morgan fingerprint density at radius 3 is 2.21 bits per heavy atom. The number of benzene rings is 2. The summed E-state index contributed by atoms with van der Waals surface area (Å²) in [5.74, 6) is 0.785. The Morgan fingerprint density at radius 2 is 1.67 bits per heavy atom. The number of non-ortho nitro benzene ring substituents is 1. The standard InChI is InChI=1S/C17H18N2O5/c1-12(2)24-16-7-3-13(4-8-16)18-17(20)11-23-15-9-5-14(6-10-15)19(21)22/h3-10,12H,11H2,1-2H3,(H,18,20). The van der Waals surface area contributed by atoms with E-state index in [0.717, 1.165) is 5.75 Å². The highest BCUT2D eigenvalue weighted by atomic mass is 16.6. The van der Waals surface area contributed by atoms with E-state index in [0.29, 0.717) is 11.4 Å². The number of amides is 1. The van der Waals surface area contributed by atoms with Gasteiger partial charge in [-0.15, -0.1) is 0 Å². The number of rotatable bonds is 7. The van der Waals surface area contributed by atoms with Gasteiger partial charge in [-0.25, -0.2) is 0 Å². The van der Waals surface area contributed by atoms with Crippen LogP contribution < -0.4 is 14.8 Å². The number of hydrogen-bond donors (Lipinski definition) is 1. The topological polar surface area (TPSA) is 90.7 Å². The van der Waals surface area contributed by atoms with Crippen LogP contribution in [0, 0.1) is 10.1 Å². The smallest absolute Gasteiger partial charge is 0.269 e. The number of nitro groups is 1. The molecule has 1 amide bonds. The molecule has 7 nitrogen and oxygen atoms in total. The minimum atomic E-state index is -0.497. The van der Waals surface area contributed by atoms with Gasteiger partial charge in [-0.2, -0.15) is 0 Å². The molecule has 7 heteroatoms. The van der Waals surface area contributed by atoms with E-state index in [1.54, 1.807) is 24.3 Å². The van der Waals surface area contributed by atoms with Gasteiger partial charge in [0.25, 0.3) is 11.6 Å². The van der Waals surface area contributed by atoms with Gasteiger partial charge >= 0.3 is 0 Å². The second-order valence-electron chi connectivity index (χ2n) is 5.28. The van der Waals surface area contributed by atoms with Crippen LogP contribution in [0.15, 0.2) is 48.5 Å². The van der Waals surface area contributed by atoms with Gasteiger partial charge < -0.3 is 14.8 Å². The van der Waals surface area contributed by atoms with Crippen molar-refractivity contribution in [2.45, 2.75) is 20.0 Å². The molecule has 1 N–H and O–H groups in total.